The van der Waals surface area contributed by atoms with E-state index in [9.17, 15) is 4.79 Å². The zero-order valence-corrected chi connectivity index (χ0v) is 11.3. The summed E-state index contributed by atoms with van der Waals surface area (Å²) < 4.78 is 1.04. The van der Waals surface area contributed by atoms with Crippen LogP contribution in [0.3, 0.4) is 0 Å². The topological polar surface area (TPSA) is 17.1 Å². The molecule has 3 heteroatoms. The molecule has 0 saturated carbocycles. The summed E-state index contributed by atoms with van der Waals surface area (Å²) in [6.07, 6.45) is 0. The van der Waals surface area contributed by atoms with Gasteiger partial charge in [0.25, 0.3) is 0 Å². The molecule has 1 aromatic rings. The van der Waals surface area contributed by atoms with Crippen molar-refractivity contribution in [1.82, 2.24) is 0 Å². The quantitative estimate of drug-likeness (QED) is 0.452. The zero-order chi connectivity index (χ0) is 10.0. The molecule has 1 rings (SSSR count). The van der Waals surface area contributed by atoms with E-state index in [4.69, 9.17) is 0 Å². The first-order valence-electron chi connectivity index (χ1n) is 3.92. The zero-order valence-electron chi connectivity index (χ0n) is 7.53. The van der Waals surface area contributed by atoms with Crippen LogP contribution in [0.4, 0.5) is 0 Å². The lowest BCUT2D eigenvalue weighted by atomic mass is 10.0. The van der Waals surface area contributed by atoms with E-state index in [0.29, 0.717) is 5.33 Å². The summed E-state index contributed by atoms with van der Waals surface area (Å²) in [5, 5.41) is 0.396. The first kappa shape index (κ1) is 11.2. The summed E-state index contributed by atoms with van der Waals surface area (Å²) in [6, 6.07) is 4.07. The van der Waals surface area contributed by atoms with E-state index in [1.54, 1.807) is 0 Å². The van der Waals surface area contributed by atoms with Crippen molar-refractivity contribution in [2.45, 2.75) is 13.8 Å². The number of rotatable bonds is 2. The van der Waals surface area contributed by atoms with Gasteiger partial charge in [0.15, 0.2) is 5.78 Å². The van der Waals surface area contributed by atoms with Crippen molar-refractivity contribution in [1.29, 1.82) is 0 Å². The normalized spacial score (nSPS) is 10.2. The fourth-order valence-electron chi connectivity index (χ4n) is 1.34. The summed E-state index contributed by atoms with van der Waals surface area (Å²) in [6.45, 7) is 4.02. The number of halogens is 2. The molecule has 0 bridgehead atoms. The van der Waals surface area contributed by atoms with Crippen molar-refractivity contribution in [3.8, 4) is 0 Å². The average molecular weight is 353 g/mol. The van der Waals surface area contributed by atoms with E-state index in [1.165, 1.54) is 5.56 Å². The molecule has 0 fully saturated rings. The summed E-state index contributed by atoms with van der Waals surface area (Å²) in [7, 11) is 0. The molecule has 0 N–H and O–H groups in total. The van der Waals surface area contributed by atoms with Gasteiger partial charge >= 0.3 is 0 Å². The lowest BCUT2D eigenvalue weighted by Crippen LogP contribution is -2.05. The largest absolute Gasteiger partial charge is 0.293 e. The van der Waals surface area contributed by atoms with Gasteiger partial charge in [-0.2, -0.15) is 0 Å². The molecule has 13 heavy (non-hydrogen) atoms. The SMILES string of the molecule is Cc1cc(C)c(C(=O)CBr)c(I)c1. The Bertz CT molecular complexity index is 324. The summed E-state index contributed by atoms with van der Waals surface area (Å²) in [4.78, 5) is 11.5. The highest BCUT2D eigenvalue weighted by Gasteiger charge is 2.11. The van der Waals surface area contributed by atoms with Crippen molar-refractivity contribution in [3.63, 3.8) is 0 Å². The van der Waals surface area contributed by atoms with Crippen LogP contribution in [0, 0.1) is 17.4 Å². The van der Waals surface area contributed by atoms with Gasteiger partial charge in [0, 0.05) is 9.13 Å². The molecule has 0 heterocycles. The van der Waals surface area contributed by atoms with Crippen LogP contribution in [0.15, 0.2) is 12.1 Å². The molecule has 0 atom stereocenters. The number of aryl methyl sites for hydroxylation is 2. The minimum absolute atomic E-state index is 0.155. The highest BCUT2D eigenvalue weighted by molar-refractivity contribution is 14.1. The molecule has 70 valence electrons. The Labute approximate surface area is 100 Å². The highest BCUT2D eigenvalue weighted by atomic mass is 127. The Hall–Kier alpha value is 0.1000. The minimum Gasteiger partial charge on any atom is -0.293 e. The minimum atomic E-state index is 0.155. The highest BCUT2D eigenvalue weighted by Crippen LogP contribution is 2.20. The summed E-state index contributed by atoms with van der Waals surface area (Å²) in [5.74, 6) is 0.155. The second-order valence-corrected chi connectivity index (χ2v) is 4.72. The van der Waals surface area contributed by atoms with Gasteiger partial charge in [0.05, 0.1) is 5.33 Å². The van der Waals surface area contributed by atoms with E-state index in [-0.39, 0.29) is 5.78 Å². The van der Waals surface area contributed by atoms with Crippen molar-refractivity contribution in [2.75, 3.05) is 5.33 Å². The maximum Gasteiger partial charge on any atom is 0.174 e. The van der Waals surface area contributed by atoms with Gasteiger partial charge in [-0.1, -0.05) is 22.0 Å². The smallest absolute Gasteiger partial charge is 0.174 e. The molecule has 0 aliphatic carbocycles. The molecule has 1 aromatic carbocycles. The van der Waals surface area contributed by atoms with Gasteiger partial charge < -0.3 is 0 Å². The first-order valence-corrected chi connectivity index (χ1v) is 6.12. The van der Waals surface area contributed by atoms with Gasteiger partial charge in [-0.25, -0.2) is 0 Å². The van der Waals surface area contributed by atoms with Crippen LogP contribution < -0.4 is 0 Å². The Morgan fingerprint density at radius 2 is 2.08 bits per heavy atom. The number of benzene rings is 1. The maximum atomic E-state index is 11.5. The van der Waals surface area contributed by atoms with Crippen LogP contribution in [0.1, 0.15) is 21.5 Å². The summed E-state index contributed by atoms with van der Waals surface area (Å²) >= 11 is 5.39. The molecule has 0 radical (unpaired) electrons. The molecule has 0 unspecified atom stereocenters. The van der Waals surface area contributed by atoms with Gasteiger partial charge in [0.1, 0.15) is 0 Å². The van der Waals surface area contributed by atoms with Crippen molar-refractivity contribution in [2.24, 2.45) is 0 Å². The third-order valence-electron chi connectivity index (χ3n) is 1.83. The van der Waals surface area contributed by atoms with Crippen LogP contribution in [0.2, 0.25) is 0 Å². The number of hydrogen-bond donors (Lipinski definition) is 0. The van der Waals surface area contributed by atoms with E-state index < -0.39 is 0 Å². The average Bonchev–Trinajstić information content (AvgIpc) is 2.02. The van der Waals surface area contributed by atoms with E-state index >= 15 is 0 Å². The van der Waals surface area contributed by atoms with Gasteiger partial charge in [-0.3, -0.25) is 4.79 Å². The molecule has 0 aromatic heterocycles. The lowest BCUT2D eigenvalue weighted by molar-refractivity contribution is 0.102. The van der Waals surface area contributed by atoms with Gasteiger partial charge in [-0.05, 0) is 53.6 Å². The Kier molecular flexibility index (Phi) is 3.91. The van der Waals surface area contributed by atoms with E-state index in [1.807, 2.05) is 26.0 Å². The van der Waals surface area contributed by atoms with Gasteiger partial charge in [0.2, 0.25) is 0 Å². The first-order chi connectivity index (χ1) is 6.06. The molecular formula is C10H10BrIO. The van der Waals surface area contributed by atoms with Crippen LogP contribution in [-0.4, -0.2) is 11.1 Å². The number of hydrogen-bond acceptors (Lipinski definition) is 1. The van der Waals surface area contributed by atoms with Crippen LogP contribution in [-0.2, 0) is 0 Å². The molecule has 0 aliphatic heterocycles. The van der Waals surface area contributed by atoms with Crippen molar-refractivity contribution >= 4 is 44.3 Å². The lowest BCUT2D eigenvalue weighted by Gasteiger charge is -2.07. The maximum absolute atomic E-state index is 11.5. The second kappa shape index (κ2) is 4.55. The predicted octanol–water partition coefficient (Wildman–Crippen LogP) is 3.49. The number of carbonyl (C=O) groups excluding carboxylic acids is 1. The molecule has 1 nitrogen and oxygen atoms in total. The second-order valence-electron chi connectivity index (χ2n) is 3.00. The fourth-order valence-corrected chi connectivity index (χ4v) is 2.83. The fraction of sp³-hybridized carbons (Fsp3) is 0.300. The third kappa shape index (κ3) is 2.53. The monoisotopic (exact) mass is 352 g/mol. The molecule has 0 spiro atoms. The predicted molar refractivity (Wildman–Crippen MR) is 66.8 cm³/mol. The Morgan fingerprint density at radius 3 is 2.54 bits per heavy atom. The van der Waals surface area contributed by atoms with E-state index in [0.717, 1.165) is 14.7 Å². The third-order valence-corrected chi connectivity index (χ3v) is 3.19. The van der Waals surface area contributed by atoms with Gasteiger partial charge in [-0.15, -0.1) is 0 Å². The molecule has 0 amide bonds. The number of carbonyl (C=O) groups is 1. The molecule has 0 saturated heterocycles. The number of ketones is 1. The van der Waals surface area contributed by atoms with Crippen molar-refractivity contribution < 1.29 is 4.79 Å². The van der Waals surface area contributed by atoms with Crippen LogP contribution in [0.5, 0.6) is 0 Å². The molecule has 0 aliphatic rings. The number of Topliss-reactive ketones (excluding diaryl/α,β-unsaturated/α-hetero) is 1. The Morgan fingerprint density at radius 1 is 1.46 bits per heavy atom. The van der Waals surface area contributed by atoms with Crippen LogP contribution >= 0.6 is 38.5 Å². The Balaban J connectivity index is 3.28. The summed E-state index contributed by atoms with van der Waals surface area (Å²) in [5.41, 5.74) is 3.12. The standard InChI is InChI=1S/C10H10BrIO/c1-6-3-7(2)10(8(12)4-6)9(13)5-11/h3-4H,5H2,1-2H3. The molecular weight excluding hydrogens is 343 g/mol. The van der Waals surface area contributed by atoms with Crippen LogP contribution in [0.25, 0.3) is 0 Å². The van der Waals surface area contributed by atoms with E-state index in [2.05, 4.69) is 38.5 Å². The number of alkyl halides is 1. The van der Waals surface area contributed by atoms with Crippen molar-refractivity contribution in [3.05, 3.63) is 32.4 Å².